The summed E-state index contributed by atoms with van der Waals surface area (Å²) < 4.78 is 11.9. The number of carbonyl (C=O) groups is 1. The van der Waals surface area contributed by atoms with Gasteiger partial charge in [0.2, 0.25) is 0 Å². The summed E-state index contributed by atoms with van der Waals surface area (Å²) in [6.45, 7) is 2.13. The highest BCUT2D eigenvalue weighted by Crippen LogP contribution is 2.12. The minimum atomic E-state index is -0.529. The van der Waals surface area contributed by atoms with E-state index in [1.807, 2.05) is 37.3 Å². The number of aldehydes is 1. The molecule has 0 atom stereocenters. The smallest absolute Gasteiger partial charge is 0.330 e. The Morgan fingerprint density at radius 1 is 1.17 bits per heavy atom. The maximum Gasteiger partial charge on any atom is 0.330 e. The third-order valence-electron chi connectivity index (χ3n) is 3.49. The van der Waals surface area contributed by atoms with Gasteiger partial charge in [-0.25, -0.2) is 4.79 Å². The lowest BCUT2D eigenvalue weighted by molar-refractivity contribution is -0.112. The lowest BCUT2D eigenvalue weighted by Crippen LogP contribution is -2.36. The summed E-state index contributed by atoms with van der Waals surface area (Å²) in [6, 6.07) is 9.48. The molecule has 0 aliphatic heterocycles. The molecule has 0 amide bonds. The van der Waals surface area contributed by atoms with E-state index in [0.717, 1.165) is 5.56 Å². The van der Waals surface area contributed by atoms with Gasteiger partial charge in [0.05, 0.1) is 12.2 Å². The van der Waals surface area contributed by atoms with Crippen LogP contribution in [0.1, 0.15) is 23.7 Å². The van der Waals surface area contributed by atoms with E-state index in [0.29, 0.717) is 30.6 Å². The molecule has 0 radical (unpaired) electrons. The van der Waals surface area contributed by atoms with Gasteiger partial charge in [-0.15, -0.1) is 0 Å². The van der Waals surface area contributed by atoms with Crippen LogP contribution in [0.3, 0.4) is 0 Å². The normalized spacial score (nSPS) is 10.7. The second-order valence-corrected chi connectivity index (χ2v) is 5.08. The zero-order valence-corrected chi connectivity index (χ0v) is 13.5. The molecule has 0 aliphatic carbocycles. The molecule has 1 heterocycles. The molecule has 1 aromatic carbocycles. The van der Waals surface area contributed by atoms with Gasteiger partial charge in [0.25, 0.3) is 5.56 Å². The van der Waals surface area contributed by atoms with Gasteiger partial charge < -0.3 is 14.3 Å². The number of nitrogens with one attached hydrogen (secondary N) is 1. The fraction of sp³-hybridized carbons (Fsp3) is 0.353. The molecule has 1 aromatic heterocycles. The van der Waals surface area contributed by atoms with Gasteiger partial charge in [0.15, 0.2) is 0 Å². The number of carbonyl (C=O) groups excluding carboxylic acids is 1. The van der Waals surface area contributed by atoms with Crippen molar-refractivity contribution < 1.29 is 14.3 Å². The number of benzene rings is 1. The maximum absolute atomic E-state index is 12.2. The van der Waals surface area contributed by atoms with Crippen LogP contribution in [0.25, 0.3) is 0 Å². The monoisotopic (exact) mass is 332 g/mol. The fourth-order valence-corrected chi connectivity index (χ4v) is 2.32. The van der Waals surface area contributed by atoms with E-state index in [2.05, 4.69) is 4.98 Å². The number of hydrogen-bond donors (Lipinski definition) is 1. The van der Waals surface area contributed by atoms with E-state index in [4.69, 9.17) is 9.47 Å². The Hall–Kier alpha value is -2.51. The van der Waals surface area contributed by atoms with Gasteiger partial charge in [-0.05, 0) is 12.5 Å². The molecule has 0 saturated carbocycles. The topological polar surface area (TPSA) is 90.4 Å². The van der Waals surface area contributed by atoms with Crippen molar-refractivity contribution in [2.75, 3.05) is 13.2 Å². The van der Waals surface area contributed by atoms with Crippen molar-refractivity contribution in [2.45, 2.75) is 26.7 Å². The van der Waals surface area contributed by atoms with Crippen molar-refractivity contribution in [3.63, 3.8) is 0 Å². The number of aromatic nitrogens is 2. The Bertz CT molecular complexity index is 780. The summed E-state index contributed by atoms with van der Waals surface area (Å²) >= 11 is 0. The first-order chi connectivity index (χ1) is 11.7. The molecule has 0 spiro atoms. The summed E-state index contributed by atoms with van der Waals surface area (Å²) in [6.07, 6.45) is 0.994. The molecule has 128 valence electrons. The fourth-order valence-electron chi connectivity index (χ4n) is 2.32. The Labute approximate surface area is 138 Å². The summed E-state index contributed by atoms with van der Waals surface area (Å²) in [5.74, 6) is 0. The molecule has 7 heteroatoms. The molecule has 1 N–H and O–H groups in total. The van der Waals surface area contributed by atoms with Crippen LogP contribution in [0.15, 0.2) is 39.9 Å². The molecule has 0 fully saturated rings. The first kappa shape index (κ1) is 17.8. The second kappa shape index (κ2) is 8.95. The van der Waals surface area contributed by atoms with E-state index in [1.54, 1.807) is 0 Å². The van der Waals surface area contributed by atoms with Gasteiger partial charge in [-0.2, -0.15) is 0 Å². The van der Waals surface area contributed by atoms with Crippen molar-refractivity contribution in [3.05, 3.63) is 68.0 Å². The van der Waals surface area contributed by atoms with Crippen molar-refractivity contribution >= 4 is 6.29 Å². The minimum absolute atomic E-state index is 0.0367. The molecule has 7 nitrogen and oxygen atoms in total. The lowest BCUT2D eigenvalue weighted by Gasteiger charge is -2.16. The van der Waals surface area contributed by atoms with Crippen LogP contribution in [-0.4, -0.2) is 29.1 Å². The maximum atomic E-state index is 12.2. The first-order valence-electron chi connectivity index (χ1n) is 7.65. The Balaban J connectivity index is 2.48. The quantitative estimate of drug-likeness (QED) is 0.543. The highest BCUT2D eigenvalue weighted by atomic mass is 16.5. The van der Waals surface area contributed by atoms with Crippen LogP contribution in [0.2, 0.25) is 0 Å². The Morgan fingerprint density at radius 3 is 2.58 bits per heavy atom. The molecular formula is C17H20N2O5. The van der Waals surface area contributed by atoms with Crippen LogP contribution >= 0.6 is 0 Å². The third kappa shape index (κ3) is 4.50. The Kier molecular flexibility index (Phi) is 6.65. The third-order valence-corrected chi connectivity index (χ3v) is 3.49. The summed E-state index contributed by atoms with van der Waals surface area (Å²) in [4.78, 5) is 37.1. The lowest BCUT2D eigenvalue weighted by atomic mass is 10.1. The van der Waals surface area contributed by atoms with E-state index < -0.39 is 11.2 Å². The number of H-pyrrole nitrogens is 1. The van der Waals surface area contributed by atoms with Crippen LogP contribution < -0.4 is 11.2 Å². The average Bonchev–Trinajstić information content (AvgIpc) is 2.58. The van der Waals surface area contributed by atoms with Crippen LogP contribution in [0, 0.1) is 0 Å². The molecule has 0 aliphatic rings. The van der Waals surface area contributed by atoms with Crippen molar-refractivity contribution in [3.8, 4) is 0 Å². The zero-order valence-electron chi connectivity index (χ0n) is 13.5. The minimum Gasteiger partial charge on any atom is -0.369 e. The predicted octanol–water partition coefficient (Wildman–Crippen LogP) is 0.837. The van der Waals surface area contributed by atoms with Crippen LogP contribution in [0.5, 0.6) is 0 Å². The SMILES string of the molecule is CCOCn1c(Cc2ccccc2)c(COCC=O)c(=O)[nH]c1=O. The summed E-state index contributed by atoms with van der Waals surface area (Å²) in [5, 5.41) is 0. The first-order valence-corrected chi connectivity index (χ1v) is 7.65. The average molecular weight is 332 g/mol. The predicted molar refractivity (Wildman–Crippen MR) is 87.9 cm³/mol. The molecule has 2 aromatic rings. The van der Waals surface area contributed by atoms with E-state index in [9.17, 15) is 14.4 Å². The van der Waals surface area contributed by atoms with E-state index in [1.165, 1.54) is 4.57 Å². The van der Waals surface area contributed by atoms with Gasteiger partial charge in [0.1, 0.15) is 19.6 Å². The number of aromatic amines is 1. The second-order valence-electron chi connectivity index (χ2n) is 5.08. The summed E-state index contributed by atoms with van der Waals surface area (Å²) in [7, 11) is 0. The largest absolute Gasteiger partial charge is 0.369 e. The molecule has 0 unspecified atom stereocenters. The van der Waals surface area contributed by atoms with Crippen molar-refractivity contribution in [1.82, 2.24) is 9.55 Å². The molecule has 0 saturated heterocycles. The van der Waals surface area contributed by atoms with Gasteiger partial charge in [-0.1, -0.05) is 30.3 Å². The molecule has 0 bridgehead atoms. The number of rotatable bonds is 9. The van der Waals surface area contributed by atoms with E-state index in [-0.39, 0.29) is 19.9 Å². The molecular weight excluding hydrogens is 312 g/mol. The standard InChI is InChI=1S/C17H20N2O5/c1-2-23-12-19-15(10-13-6-4-3-5-7-13)14(11-24-9-8-20)16(21)18-17(19)22/h3-8H,2,9-12H2,1H3,(H,18,21,22). The van der Waals surface area contributed by atoms with Crippen molar-refractivity contribution in [2.24, 2.45) is 0 Å². The Morgan fingerprint density at radius 2 is 1.92 bits per heavy atom. The van der Waals surface area contributed by atoms with Crippen molar-refractivity contribution in [1.29, 1.82) is 0 Å². The molecule has 24 heavy (non-hydrogen) atoms. The number of nitrogens with zero attached hydrogens (tertiary/aromatic N) is 1. The highest BCUT2D eigenvalue weighted by Gasteiger charge is 2.15. The number of ether oxygens (including phenoxy) is 2. The van der Waals surface area contributed by atoms with Gasteiger partial charge >= 0.3 is 5.69 Å². The van der Waals surface area contributed by atoms with Gasteiger partial charge in [-0.3, -0.25) is 14.3 Å². The van der Waals surface area contributed by atoms with Gasteiger partial charge in [0, 0.05) is 18.7 Å². The van der Waals surface area contributed by atoms with Crippen LogP contribution in [0.4, 0.5) is 0 Å². The zero-order chi connectivity index (χ0) is 17.4. The van der Waals surface area contributed by atoms with E-state index >= 15 is 0 Å². The highest BCUT2D eigenvalue weighted by molar-refractivity contribution is 5.50. The summed E-state index contributed by atoms with van der Waals surface area (Å²) in [5.41, 5.74) is 0.752. The van der Waals surface area contributed by atoms with Crippen LogP contribution in [-0.2, 0) is 34.0 Å². The molecule has 2 rings (SSSR count). The number of hydrogen-bond acceptors (Lipinski definition) is 5.